The Kier molecular flexibility index (Phi) is 6.59. The molecule has 0 amide bonds. The predicted octanol–water partition coefficient (Wildman–Crippen LogP) is 7.52. The second-order valence-electron chi connectivity index (χ2n) is 13.0. The van der Waals surface area contributed by atoms with Crippen molar-refractivity contribution in [3.8, 4) is 34.5 Å². The Morgan fingerprint density at radius 2 is 0.800 bits per heavy atom. The molecule has 3 aliphatic heterocycles. The van der Waals surface area contributed by atoms with Crippen molar-refractivity contribution in [2.75, 3.05) is 0 Å². The van der Waals surface area contributed by atoms with Gasteiger partial charge in [-0.05, 0) is 151 Å². The lowest BCUT2D eigenvalue weighted by Crippen LogP contribution is -2.37. The highest BCUT2D eigenvalue weighted by Crippen LogP contribution is 2.38. The van der Waals surface area contributed by atoms with E-state index in [9.17, 15) is 0 Å². The van der Waals surface area contributed by atoms with E-state index in [0.717, 1.165) is 72.5 Å². The molecule has 3 heterocycles. The first kappa shape index (κ1) is 26.7. The Balaban J connectivity index is 1.25. The van der Waals surface area contributed by atoms with E-state index in [-0.39, 0.29) is 16.8 Å². The summed E-state index contributed by atoms with van der Waals surface area (Å²) < 4.78 is 37.5. The molecule has 210 valence electrons. The standard InChI is InChI=1S/C33H39BO6/c1-31(2)16-13-22-19-25(7-10-28(22)35-31)38-34(39-26-8-11-29-23(20-26)14-17-32(3,4)36-29)40-27-9-12-30-24(21-27)15-18-33(5,6)37-30/h7-12,19-21H,13-18H2,1-6H3. The Labute approximate surface area is 238 Å². The minimum absolute atomic E-state index is 0.166. The summed E-state index contributed by atoms with van der Waals surface area (Å²) >= 11 is 0. The summed E-state index contributed by atoms with van der Waals surface area (Å²) in [5, 5.41) is 0. The molecule has 0 saturated carbocycles. The van der Waals surface area contributed by atoms with Crippen LogP contribution < -0.4 is 28.2 Å². The van der Waals surface area contributed by atoms with E-state index in [0.29, 0.717) is 17.2 Å². The Morgan fingerprint density at radius 1 is 0.500 bits per heavy atom. The highest BCUT2D eigenvalue weighted by atomic mass is 16.7. The van der Waals surface area contributed by atoms with E-state index >= 15 is 0 Å². The van der Waals surface area contributed by atoms with Crippen LogP contribution in [0.5, 0.6) is 34.5 Å². The Bertz CT molecular complexity index is 1240. The molecule has 6 nitrogen and oxygen atoms in total. The molecular weight excluding hydrogens is 503 g/mol. The summed E-state index contributed by atoms with van der Waals surface area (Å²) in [4.78, 5) is 0. The van der Waals surface area contributed by atoms with Crippen LogP contribution in [0.25, 0.3) is 0 Å². The molecule has 0 aromatic heterocycles. The molecule has 0 bridgehead atoms. The third-order valence-corrected chi connectivity index (χ3v) is 7.94. The normalized spacial score (nSPS) is 19.4. The van der Waals surface area contributed by atoms with Crippen LogP contribution in [0.4, 0.5) is 0 Å². The van der Waals surface area contributed by atoms with Crippen LogP contribution in [-0.2, 0) is 19.3 Å². The van der Waals surface area contributed by atoms with E-state index in [1.807, 2.05) is 54.6 Å². The first-order valence-corrected chi connectivity index (χ1v) is 14.4. The summed E-state index contributed by atoms with van der Waals surface area (Å²) in [6.45, 7) is 12.7. The van der Waals surface area contributed by atoms with Crippen molar-refractivity contribution in [2.24, 2.45) is 0 Å². The smallest absolute Gasteiger partial charge is 0.490 e. The van der Waals surface area contributed by atoms with Gasteiger partial charge in [0, 0.05) is 0 Å². The van der Waals surface area contributed by atoms with Crippen molar-refractivity contribution >= 4 is 7.32 Å². The molecule has 0 radical (unpaired) electrons. The second kappa shape index (κ2) is 9.86. The fraction of sp³-hybridized carbons (Fsp3) is 0.455. The molecule has 7 heteroatoms. The van der Waals surface area contributed by atoms with Crippen LogP contribution in [0.15, 0.2) is 54.6 Å². The van der Waals surface area contributed by atoms with E-state index in [4.69, 9.17) is 28.2 Å². The van der Waals surface area contributed by atoms with Gasteiger partial charge in [-0.15, -0.1) is 0 Å². The van der Waals surface area contributed by atoms with E-state index < -0.39 is 7.32 Å². The van der Waals surface area contributed by atoms with Crippen molar-refractivity contribution in [3.63, 3.8) is 0 Å². The molecule has 0 atom stereocenters. The highest BCUT2D eigenvalue weighted by Gasteiger charge is 2.34. The Hall–Kier alpha value is -3.48. The van der Waals surface area contributed by atoms with Crippen molar-refractivity contribution in [3.05, 3.63) is 71.3 Å². The minimum Gasteiger partial charge on any atom is -0.490 e. The maximum Gasteiger partial charge on any atom is 0.864 e. The summed E-state index contributed by atoms with van der Waals surface area (Å²) in [5.74, 6) is 4.70. The fourth-order valence-electron chi connectivity index (χ4n) is 5.53. The monoisotopic (exact) mass is 542 g/mol. The highest BCUT2D eigenvalue weighted by molar-refractivity contribution is 6.39. The van der Waals surface area contributed by atoms with Crippen LogP contribution in [0, 0.1) is 0 Å². The summed E-state index contributed by atoms with van der Waals surface area (Å²) in [5.41, 5.74) is 2.87. The Morgan fingerprint density at radius 3 is 1.10 bits per heavy atom. The molecule has 0 fully saturated rings. The molecule has 3 aromatic rings. The lowest BCUT2D eigenvalue weighted by atomic mass is 9.94. The molecular formula is C33H39BO6. The SMILES string of the molecule is CC1(C)CCc2cc(OB(Oc3ccc4c(c3)CCC(C)(C)O4)Oc3ccc4c(c3)CCC(C)(C)O4)ccc2O1. The van der Waals surface area contributed by atoms with Gasteiger partial charge in [0.1, 0.15) is 51.3 Å². The molecule has 0 N–H and O–H groups in total. The number of fused-ring (bicyclic) bond motifs is 3. The van der Waals surface area contributed by atoms with Gasteiger partial charge < -0.3 is 28.2 Å². The first-order valence-electron chi connectivity index (χ1n) is 14.4. The quantitative estimate of drug-likeness (QED) is 0.301. The average molecular weight is 542 g/mol. The minimum atomic E-state index is -1.00. The topological polar surface area (TPSA) is 55.4 Å². The molecule has 0 spiro atoms. The third-order valence-electron chi connectivity index (χ3n) is 7.94. The molecule has 0 unspecified atom stereocenters. The maximum atomic E-state index is 6.33. The van der Waals surface area contributed by atoms with Gasteiger partial charge in [-0.2, -0.15) is 0 Å². The predicted molar refractivity (Wildman–Crippen MR) is 156 cm³/mol. The zero-order chi connectivity index (χ0) is 28.1. The zero-order valence-corrected chi connectivity index (χ0v) is 24.5. The summed E-state index contributed by atoms with van der Waals surface area (Å²) in [6, 6.07) is 17.7. The van der Waals surface area contributed by atoms with Crippen molar-refractivity contribution in [1.29, 1.82) is 0 Å². The fourth-order valence-corrected chi connectivity index (χ4v) is 5.53. The lowest BCUT2D eigenvalue weighted by Gasteiger charge is -2.33. The van der Waals surface area contributed by atoms with E-state index in [1.165, 1.54) is 0 Å². The van der Waals surface area contributed by atoms with Crippen LogP contribution in [0.1, 0.15) is 77.5 Å². The van der Waals surface area contributed by atoms with Gasteiger partial charge in [0.25, 0.3) is 0 Å². The second-order valence-corrected chi connectivity index (χ2v) is 13.0. The van der Waals surface area contributed by atoms with E-state index in [2.05, 4.69) is 41.5 Å². The zero-order valence-electron chi connectivity index (χ0n) is 24.5. The van der Waals surface area contributed by atoms with Crippen molar-refractivity contribution < 1.29 is 28.2 Å². The summed E-state index contributed by atoms with van der Waals surface area (Å²) in [7, 11) is -1.00. The number of aryl methyl sites for hydroxylation is 3. The van der Waals surface area contributed by atoms with Crippen LogP contribution >= 0.6 is 0 Å². The number of hydrogen-bond acceptors (Lipinski definition) is 6. The molecule has 6 rings (SSSR count). The average Bonchev–Trinajstić information content (AvgIpc) is 2.88. The van der Waals surface area contributed by atoms with Crippen molar-refractivity contribution in [1.82, 2.24) is 0 Å². The van der Waals surface area contributed by atoms with Gasteiger partial charge in [-0.1, -0.05) is 0 Å². The van der Waals surface area contributed by atoms with Crippen LogP contribution in [0.3, 0.4) is 0 Å². The largest absolute Gasteiger partial charge is 0.864 e. The first-order chi connectivity index (χ1) is 18.9. The number of hydrogen-bond donors (Lipinski definition) is 0. The molecule has 3 aromatic carbocycles. The van der Waals surface area contributed by atoms with Crippen LogP contribution in [0.2, 0.25) is 0 Å². The van der Waals surface area contributed by atoms with Crippen LogP contribution in [-0.4, -0.2) is 24.1 Å². The lowest BCUT2D eigenvalue weighted by molar-refractivity contribution is 0.0842. The van der Waals surface area contributed by atoms with Gasteiger partial charge >= 0.3 is 7.32 Å². The van der Waals surface area contributed by atoms with E-state index in [1.54, 1.807) is 0 Å². The van der Waals surface area contributed by atoms with Gasteiger partial charge in [0.05, 0.1) is 0 Å². The molecule has 3 aliphatic rings. The number of rotatable bonds is 6. The number of ether oxygens (including phenoxy) is 3. The van der Waals surface area contributed by atoms with Crippen molar-refractivity contribution in [2.45, 2.75) is 96.9 Å². The number of benzene rings is 3. The van der Waals surface area contributed by atoms with Gasteiger partial charge in [0.15, 0.2) is 0 Å². The van der Waals surface area contributed by atoms with Gasteiger partial charge in [0.2, 0.25) is 0 Å². The molecule has 0 saturated heterocycles. The molecule has 40 heavy (non-hydrogen) atoms. The van der Waals surface area contributed by atoms with Gasteiger partial charge in [-0.3, -0.25) is 0 Å². The van der Waals surface area contributed by atoms with Gasteiger partial charge in [-0.25, -0.2) is 0 Å². The maximum absolute atomic E-state index is 6.33. The summed E-state index contributed by atoms with van der Waals surface area (Å²) in [6.07, 6.45) is 5.61. The third kappa shape index (κ3) is 5.98. The molecule has 0 aliphatic carbocycles.